The Morgan fingerprint density at radius 1 is 1.42 bits per heavy atom. The zero-order valence-electron chi connectivity index (χ0n) is 6.49. The van der Waals surface area contributed by atoms with Gasteiger partial charge >= 0.3 is 6.09 Å². The van der Waals surface area contributed by atoms with Gasteiger partial charge in [0.05, 0.1) is 0 Å². The van der Waals surface area contributed by atoms with Gasteiger partial charge in [-0.05, 0) is 30.9 Å². The molecular weight excluding hydrogens is 182 g/mol. The minimum absolute atomic E-state index is 0.415. The van der Waals surface area contributed by atoms with Crippen LogP contribution in [0.3, 0.4) is 0 Å². The zero-order valence-corrected chi connectivity index (χ0v) is 7.25. The Labute approximate surface area is 75.1 Å². The maximum atomic E-state index is 10.8. The molecule has 68 valence electrons. The van der Waals surface area contributed by atoms with Crippen molar-refractivity contribution in [3.05, 3.63) is 0 Å². The number of piperidine rings is 1. The lowest BCUT2D eigenvalue weighted by molar-refractivity contribution is -0.116. The van der Waals surface area contributed by atoms with Crippen LogP contribution in [0.15, 0.2) is 0 Å². The van der Waals surface area contributed by atoms with E-state index in [1.807, 2.05) is 0 Å². The van der Waals surface area contributed by atoms with E-state index in [1.54, 1.807) is 0 Å². The van der Waals surface area contributed by atoms with E-state index in [-0.39, 0.29) is 0 Å². The number of carbonyl (C=O) groups excluding carboxylic acids is 1. The Bertz CT molecular complexity index is 185. The molecule has 1 aliphatic heterocycles. The van der Waals surface area contributed by atoms with Gasteiger partial charge in [0.25, 0.3) is 0 Å². The van der Waals surface area contributed by atoms with E-state index in [0.29, 0.717) is 13.0 Å². The molecule has 0 unspecified atom stereocenters. The van der Waals surface area contributed by atoms with Crippen LogP contribution in [0.2, 0.25) is 0 Å². The highest BCUT2D eigenvalue weighted by atomic mass is 35.5. The lowest BCUT2D eigenvalue weighted by atomic mass is 10.0. The molecule has 0 spiro atoms. The molecule has 1 fully saturated rings. The summed E-state index contributed by atoms with van der Waals surface area (Å²) in [4.78, 5) is 22.5. The molecule has 1 rings (SSSR count). The molecule has 0 radical (unpaired) electrons. The number of amides is 1. The molecule has 12 heavy (non-hydrogen) atoms. The molecule has 1 aliphatic rings. The van der Waals surface area contributed by atoms with Gasteiger partial charge < -0.3 is 5.11 Å². The molecule has 4 nitrogen and oxygen atoms in total. The van der Waals surface area contributed by atoms with Crippen molar-refractivity contribution in [1.82, 2.24) is 4.90 Å². The van der Waals surface area contributed by atoms with E-state index >= 15 is 0 Å². The smallest absolute Gasteiger partial charge is 0.407 e. The normalized spacial score (nSPS) is 23.8. The standard InChI is InChI=1S/C7H10ClNO3/c8-6(10)5-3-1-2-4-9(5)7(11)12/h5H,1-4H2,(H,11,12)/t5-/m1/s1. The van der Waals surface area contributed by atoms with Crippen LogP contribution in [-0.4, -0.2) is 33.9 Å². The number of likely N-dealkylation sites (tertiary alicyclic amines) is 1. The summed E-state index contributed by atoms with van der Waals surface area (Å²) in [5.74, 6) is 0. The van der Waals surface area contributed by atoms with Gasteiger partial charge in [-0.3, -0.25) is 9.69 Å². The molecule has 5 heteroatoms. The molecule has 1 N–H and O–H groups in total. The fraction of sp³-hybridized carbons (Fsp3) is 0.714. The number of hydrogen-bond acceptors (Lipinski definition) is 2. The third kappa shape index (κ3) is 1.88. The molecule has 0 aromatic carbocycles. The second kappa shape index (κ2) is 3.76. The Morgan fingerprint density at radius 2 is 2.08 bits per heavy atom. The number of rotatable bonds is 1. The molecule has 1 amide bonds. The third-order valence-electron chi connectivity index (χ3n) is 2.01. The first kappa shape index (κ1) is 9.32. The van der Waals surface area contributed by atoms with Crippen LogP contribution in [0.1, 0.15) is 19.3 Å². The molecular formula is C7H10ClNO3. The summed E-state index contributed by atoms with van der Waals surface area (Å²) in [7, 11) is 0. The van der Waals surface area contributed by atoms with Gasteiger partial charge in [-0.15, -0.1) is 0 Å². The predicted molar refractivity (Wildman–Crippen MR) is 43.2 cm³/mol. The van der Waals surface area contributed by atoms with Crippen LogP contribution in [0.5, 0.6) is 0 Å². The first-order valence-electron chi connectivity index (χ1n) is 3.82. The van der Waals surface area contributed by atoms with E-state index in [0.717, 1.165) is 17.7 Å². The van der Waals surface area contributed by atoms with E-state index < -0.39 is 17.4 Å². The average molecular weight is 192 g/mol. The monoisotopic (exact) mass is 191 g/mol. The van der Waals surface area contributed by atoms with Crippen molar-refractivity contribution >= 4 is 22.9 Å². The van der Waals surface area contributed by atoms with Crippen LogP contribution in [-0.2, 0) is 4.79 Å². The highest BCUT2D eigenvalue weighted by molar-refractivity contribution is 6.64. The van der Waals surface area contributed by atoms with Gasteiger partial charge in [0.2, 0.25) is 5.24 Å². The Balaban J connectivity index is 2.67. The molecule has 0 saturated carbocycles. The van der Waals surface area contributed by atoms with Gasteiger partial charge in [-0.2, -0.15) is 0 Å². The van der Waals surface area contributed by atoms with Crippen LogP contribution >= 0.6 is 11.6 Å². The van der Waals surface area contributed by atoms with Gasteiger partial charge in [0.15, 0.2) is 0 Å². The van der Waals surface area contributed by atoms with Gasteiger partial charge in [-0.25, -0.2) is 4.79 Å². The molecule has 0 aliphatic carbocycles. The fourth-order valence-corrected chi connectivity index (χ4v) is 1.62. The van der Waals surface area contributed by atoms with Gasteiger partial charge in [0, 0.05) is 6.54 Å². The van der Waals surface area contributed by atoms with Crippen molar-refractivity contribution in [3.63, 3.8) is 0 Å². The van der Waals surface area contributed by atoms with Crippen molar-refractivity contribution in [2.75, 3.05) is 6.54 Å². The van der Waals surface area contributed by atoms with Crippen molar-refractivity contribution in [1.29, 1.82) is 0 Å². The Kier molecular flexibility index (Phi) is 2.92. The molecule has 0 bridgehead atoms. The third-order valence-corrected chi connectivity index (χ3v) is 2.26. The molecule has 1 heterocycles. The minimum Gasteiger partial charge on any atom is -0.465 e. The second-order valence-electron chi connectivity index (χ2n) is 2.79. The topological polar surface area (TPSA) is 57.6 Å². The summed E-state index contributed by atoms with van der Waals surface area (Å²) in [6, 6.07) is -0.627. The Morgan fingerprint density at radius 3 is 2.50 bits per heavy atom. The lowest BCUT2D eigenvalue weighted by Crippen LogP contribution is -2.45. The van der Waals surface area contributed by atoms with E-state index in [1.165, 1.54) is 0 Å². The van der Waals surface area contributed by atoms with Gasteiger partial charge in [-0.1, -0.05) is 0 Å². The summed E-state index contributed by atoms with van der Waals surface area (Å²) >= 11 is 5.25. The van der Waals surface area contributed by atoms with E-state index in [4.69, 9.17) is 16.7 Å². The summed E-state index contributed by atoms with van der Waals surface area (Å²) in [5, 5.41) is 8.10. The molecule has 1 atom stereocenters. The number of hydrogen-bond donors (Lipinski definition) is 1. The molecule has 1 saturated heterocycles. The lowest BCUT2D eigenvalue weighted by Gasteiger charge is -2.30. The largest absolute Gasteiger partial charge is 0.465 e. The van der Waals surface area contributed by atoms with Crippen molar-refractivity contribution in [2.24, 2.45) is 0 Å². The molecule has 0 aromatic rings. The van der Waals surface area contributed by atoms with Crippen LogP contribution in [0.4, 0.5) is 4.79 Å². The summed E-state index contributed by atoms with van der Waals surface area (Å²) in [5.41, 5.74) is 0. The van der Waals surface area contributed by atoms with Crippen LogP contribution < -0.4 is 0 Å². The van der Waals surface area contributed by atoms with E-state index in [2.05, 4.69) is 0 Å². The van der Waals surface area contributed by atoms with Crippen LogP contribution in [0.25, 0.3) is 0 Å². The SMILES string of the molecule is O=C(Cl)[C@H]1CCCCN1C(=O)O. The summed E-state index contributed by atoms with van der Waals surface area (Å²) in [6.45, 7) is 0.415. The zero-order chi connectivity index (χ0) is 9.14. The maximum Gasteiger partial charge on any atom is 0.407 e. The minimum atomic E-state index is -1.06. The Hall–Kier alpha value is -0.770. The second-order valence-corrected chi connectivity index (χ2v) is 3.16. The summed E-state index contributed by atoms with van der Waals surface area (Å²) in [6.07, 6.45) is 1.17. The quantitative estimate of drug-likeness (QED) is 0.636. The summed E-state index contributed by atoms with van der Waals surface area (Å²) < 4.78 is 0. The fourth-order valence-electron chi connectivity index (χ4n) is 1.40. The number of carbonyl (C=O) groups is 2. The average Bonchev–Trinajstić information content (AvgIpc) is 2.04. The van der Waals surface area contributed by atoms with Crippen molar-refractivity contribution in [3.8, 4) is 0 Å². The van der Waals surface area contributed by atoms with Crippen LogP contribution in [0, 0.1) is 0 Å². The molecule has 0 aromatic heterocycles. The van der Waals surface area contributed by atoms with Crippen molar-refractivity contribution < 1.29 is 14.7 Å². The maximum absolute atomic E-state index is 10.8. The highest BCUT2D eigenvalue weighted by Crippen LogP contribution is 2.18. The van der Waals surface area contributed by atoms with Gasteiger partial charge in [0.1, 0.15) is 6.04 Å². The van der Waals surface area contributed by atoms with Crippen molar-refractivity contribution in [2.45, 2.75) is 25.3 Å². The first-order chi connectivity index (χ1) is 5.63. The number of carboxylic acid groups (broad SMARTS) is 1. The highest BCUT2D eigenvalue weighted by Gasteiger charge is 2.30. The number of nitrogens with zero attached hydrogens (tertiary/aromatic N) is 1. The van der Waals surface area contributed by atoms with E-state index in [9.17, 15) is 9.59 Å². The first-order valence-corrected chi connectivity index (χ1v) is 4.19. The number of halogens is 1. The predicted octanol–water partition coefficient (Wildman–Crippen LogP) is 1.28.